The second kappa shape index (κ2) is 11.2. The third kappa shape index (κ3) is 8.67. The number of ether oxygens (including phenoxy) is 3. The van der Waals surface area contributed by atoms with Gasteiger partial charge in [-0.3, -0.25) is 4.79 Å². The van der Waals surface area contributed by atoms with Crippen LogP contribution < -0.4 is 10.1 Å². The van der Waals surface area contributed by atoms with E-state index in [4.69, 9.17) is 14.2 Å². The first-order valence-electron chi connectivity index (χ1n) is 10.2. The van der Waals surface area contributed by atoms with E-state index in [0.717, 1.165) is 5.56 Å². The Balaban J connectivity index is 2.18. The number of hydrogen-bond donors (Lipinski definition) is 2. The van der Waals surface area contributed by atoms with Gasteiger partial charge in [-0.1, -0.05) is 36.4 Å². The van der Waals surface area contributed by atoms with E-state index in [0.29, 0.717) is 23.5 Å². The highest BCUT2D eigenvalue weighted by Crippen LogP contribution is 2.22. The van der Waals surface area contributed by atoms with Crippen LogP contribution in [0, 0.1) is 0 Å². The summed E-state index contributed by atoms with van der Waals surface area (Å²) >= 11 is 0. The van der Waals surface area contributed by atoms with Gasteiger partial charge in [0.05, 0.1) is 0 Å². The normalized spacial score (nSPS) is 11.9. The zero-order valence-corrected chi connectivity index (χ0v) is 18.7. The van der Waals surface area contributed by atoms with Crippen molar-refractivity contribution in [3.8, 4) is 5.75 Å². The number of hydrogen-bond acceptors (Lipinski definition) is 6. The van der Waals surface area contributed by atoms with Gasteiger partial charge in [-0.25, -0.2) is 9.59 Å². The van der Waals surface area contributed by atoms with E-state index in [9.17, 15) is 19.5 Å². The Hall–Kier alpha value is -3.55. The zero-order valence-electron chi connectivity index (χ0n) is 18.7. The van der Waals surface area contributed by atoms with Crippen molar-refractivity contribution in [3.05, 3.63) is 65.2 Å². The molecule has 0 spiro atoms. The summed E-state index contributed by atoms with van der Waals surface area (Å²) in [5, 5.41) is 12.0. The fourth-order valence-corrected chi connectivity index (χ4v) is 2.82. The molecule has 2 rings (SSSR count). The van der Waals surface area contributed by atoms with Crippen molar-refractivity contribution in [2.75, 3.05) is 0 Å². The summed E-state index contributed by atoms with van der Waals surface area (Å²) < 4.78 is 16.1. The Morgan fingerprint density at radius 1 is 1.00 bits per heavy atom. The summed E-state index contributed by atoms with van der Waals surface area (Å²) in [4.78, 5) is 35.1. The van der Waals surface area contributed by atoms with Gasteiger partial charge in [-0.2, -0.15) is 0 Å². The van der Waals surface area contributed by atoms with Gasteiger partial charge in [0, 0.05) is 13.3 Å². The highest BCUT2D eigenvalue weighted by molar-refractivity contribution is 5.80. The van der Waals surface area contributed by atoms with Crippen molar-refractivity contribution in [2.24, 2.45) is 0 Å². The van der Waals surface area contributed by atoms with E-state index < -0.39 is 29.7 Å². The second-order valence-corrected chi connectivity index (χ2v) is 8.23. The zero-order chi connectivity index (χ0) is 23.7. The Kier molecular flexibility index (Phi) is 8.63. The number of esters is 1. The summed E-state index contributed by atoms with van der Waals surface area (Å²) in [5.74, 6) is -1.13. The average Bonchev–Trinajstić information content (AvgIpc) is 2.70. The molecule has 2 N–H and O–H groups in total. The molecule has 0 aliphatic rings. The molecule has 0 aromatic heterocycles. The molecular weight excluding hydrogens is 414 g/mol. The maximum Gasteiger partial charge on any atom is 0.408 e. The molecule has 2 aromatic carbocycles. The minimum Gasteiger partial charge on any atom is -0.489 e. The number of alkyl carbamates (subject to hydrolysis) is 1. The van der Waals surface area contributed by atoms with Crippen LogP contribution in [0.3, 0.4) is 0 Å². The van der Waals surface area contributed by atoms with Crippen LogP contribution in [-0.4, -0.2) is 34.8 Å². The lowest BCUT2D eigenvalue weighted by Crippen LogP contribution is -2.44. The minimum absolute atomic E-state index is 0.0237. The molecule has 0 fully saturated rings. The smallest absolute Gasteiger partial charge is 0.408 e. The molecule has 8 heteroatoms. The fourth-order valence-electron chi connectivity index (χ4n) is 2.82. The molecular formula is C24H29NO7. The first-order chi connectivity index (χ1) is 15.0. The fraction of sp³-hybridized carbons (Fsp3) is 0.375. The van der Waals surface area contributed by atoms with Crippen molar-refractivity contribution in [2.45, 2.75) is 59.0 Å². The maximum absolute atomic E-state index is 12.1. The lowest BCUT2D eigenvalue weighted by atomic mass is 10.00. The topological polar surface area (TPSA) is 111 Å². The number of carbonyl (C=O) groups excluding carboxylic acids is 2. The number of carbonyl (C=O) groups is 3. The first kappa shape index (κ1) is 24.7. The monoisotopic (exact) mass is 443 g/mol. The molecule has 0 aliphatic heterocycles. The Bertz CT molecular complexity index is 935. The molecule has 0 bridgehead atoms. The lowest BCUT2D eigenvalue weighted by Gasteiger charge is -2.22. The van der Waals surface area contributed by atoms with Crippen LogP contribution in [-0.2, 0) is 38.7 Å². The first-order valence-corrected chi connectivity index (χ1v) is 10.2. The number of benzene rings is 2. The molecule has 2 aromatic rings. The Morgan fingerprint density at radius 2 is 1.69 bits per heavy atom. The Labute approximate surface area is 187 Å². The summed E-state index contributed by atoms with van der Waals surface area (Å²) in [6.45, 7) is 6.66. The summed E-state index contributed by atoms with van der Waals surface area (Å²) in [6, 6.07) is 13.5. The van der Waals surface area contributed by atoms with Gasteiger partial charge in [0.2, 0.25) is 0 Å². The molecule has 172 valence electrons. The predicted octanol–water partition coefficient (Wildman–Crippen LogP) is 3.85. The van der Waals surface area contributed by atoms with Crippen LogP contribution in [0.25, 0.3) is 0 Å². The molecule has 32 heavy (non-hydrogen) atoms. The number of carboxylic acid groups (broad SMARTS) is 1. The van der Waals surface area contributed by atoms with E-state index in [1.165, 1.54) is 6.92 Å². The molecule has 1 amide bonds. The third-order valence-corrected chi connectivity index (χ3v) is 4.27. The lowest BCUT2D eigenvalue weighted by molar-refractivity contribution is -0.142. The van der Waals surface area contributed by atoms with Gasteiger partial charge in [-0.05, 0) is 49.6 Å². The highest BCUT2D eigenvalue weighted by atomic mass is 16.6. The van der Waals surface area contributed by atoms with Gasteiger partial charge in [0.25, 0.3) is 0 Å². The van der Waals surface area contributed by atoms with E-state index >= 15 is 0 Å². The van der Waals surface area contributed by atoms with Crippen molar-refractivity contribution < 1.29 is 33.7 Å². The molecule has 8 nitrogen and oxygen atoms in total. The second-order valence-electron chi connectivity index (χ2n) is 8.23. The van der Waals surface area contributed by atoms with Crippen LogP contribution in [0.15, 0.2) is 48.5 Å². The van der Waals surface area contributed by atoms with Crippen molar-refractivity contribution in [1.82, 2.24) is 5.32 Å². The molecule has 0 radical (unpaired) electrons. The van der Waals surface area contributed by atoms with E-state index in [2.05, 4.69) is 5.32 Å². The van der Waals surface area contributed by atoms with Gasteiger partial charge in [0.15, 0.2) is 0 Å². The van der Waals surface area contributed by atoms with Crippen molar-refractivity contribution >= 4 is 18.0 Å². The predicted molar refractivity (Wildman–Crippen MR) is 117 cm³/mol. The van der Waals surface area contributed by atoms with Gasteiger partial charge in [-0.15, -0.1) is 0 Å². The van der Waals surface area contributed by atoms with E-state index in [1.54, 1.807) is 39.0 Å². The standard InChI is InChI=1S/C24H29NO7/c1-16(26)30-15-19-12-20(31-14-17-8-6-5-7-9-17)11-10-18(19)13-21(22(27)28)25-23(29)32-24(2,3)4/h5-12,21H,13-15H2,1-4H3,(H,25,29)(H,27,28). The van der Waals surface area contributed by atoms with Crippen molar-refractivity contribution in [1.29, 1.82) is 0 Å². The molecule has 0 heterocycles. The molecule has 0 saturated heterocycles. The van der Waals surface area contributed by atoms with Gasteiger partial charge < -0.3 is 24.6 Å². The Morgan fingerprint density at radius 3 is 2.28 bits per heavy atom. The number of rotatable bonds is 9. The van der Waals surface area contributed by atoms with E-state index in [1.807, 2.05) is 30.3 Å². The quantitative estimate of drug-likeness (QED) is 0.566. The number of amides is 1. The minimum atomic E-state index is -1.22. The van der Waals surface area contributed by atoms with Gasteiger partial charge >= 0.3 is 18.0 Å². The summed E-state index contributed by atoms with van der Waals surface area (Å²) in [7, 11) is 0. The number of aliphatic carboxylic acids is 1. The van der Waals surface area contributed by atoms with Crippen LogP contribution in [0.1, 0.15) is 44.4 Å². The SMILES string of the molecule is CC(=O)OCc1cc(OCc2ccccc2)ccc1CC(NC(=O)OC(C)(C)C)C(=O)O. The molecule has 1 atom stereocenters. The average molecular weight is 443 g/mol. The van der Waals surface area contributed by atoms with Crippen LogP contribution in [0.4, 0.5) is 4.79 Å². The molecule has 1 unspecified atom stereocenters. The van der Waals surface area contributed by atoms with E-state index in [-0.39, 0.29) is 13.0 Å². The van der Waals surface area contributed by atoms with Crippen LogP contribution in [0.2, 0.25) is 0 Å². The number of nitrogens with one attached hydrogen (secondary N) is 1. The third-order valence-electron chi connectivity index (χ3n) is 4.27. The van der Waals surface area contributed by atoms with Crippen molar-refractivity contribution in [3.63, 3.8) is 0 Å². The van der Waals surface area contributed by atoms with Gasteiger partial charge in [0.1, 0.15) is 30.6 Å². The van der Waals surface area contributed by atoms with Crippen LogP contribution >= 0.6 is 0 Å². The number of carboxylic acids is 1. The molecule has 0 aliphatic carbocycles. The summed E-state index contributed by atoms with van der Waals surface area (Å²) in [5.41, 5.74) is 1.42. The van der Waals surface area contributed by atoms with Crippen LogP contribution in [0.5, 0.6) is 5.75 Å². The molecule has 0 saturated carbocycles. The maximum atomic E-state index is 12.1. The largest absolute Gasteiger partial charge is 0.489 e. The summed E-state index contributed by atoms with van der Waals surface area (Å²) in [6.07, 6.45) is -0.848. The highest BCUT2D eigenvalue weighted by Gasteiger charge is 2.25.